The van der Waals surface area contributed by atoms with Crippen molar-refractivity contribution in [3.05, 3.63) is 42.1 Å². The molecule has 0 aliphatic rings. The van der Waals surface area contributed by atoms with Crippen LogP contribution in [0, 0.1) is 0 Å². The van der Waals surface area contributed by atoms with Gasteiger partial charge in [-0.3, -0.25) is 4.98 Å². The highest BCUT2D eigenvalue weighted by Crippen LogP contribution is 2.18. The van der Waals surface area contributed by atoms with Crippen LogP contribution in [0.2, 0.25) is 0 Å². The molecule has 0 saturated carbocycles. The third-order valence-corrected chi connectivity index (χ3v) is 3.37. The van der Waals surface area contributed by atoms with E-state index < -0.39 is 0 Å². The van der Waals surface area contributed by atoms with Crippen molar-refractivity contribution < 1.29 is 9.47 Å². The van der Waals surface area contributed by atoms with Crippen LogP contribution in [0.25, 0.3) is 10.9 Å². The second kappa shape index (κ2) is 8.72. The van der Waals surface area contributed by atoms with E-state index in [0.29, 0.717) is 19.8 Å². The molecule has 1 N–H and O–H groups in total. The van der Waals surface area contributed by atoms with Gasteiger partial charge in [-0.2, -0.15) is 0 Å². The molecule has 0 saturated heterocycles. The van der Waals surface area contributed by atoms with Crippen molar-refractivity contribution in [2.24, 2.45) is 0 Å². The number of aromatic nitrogens is 1. The van der Waals surface area contributed by atoms with E-state index in [0.717, 1.165) is 23.9 Å². The molecule has 0 bridgehead atoms. The molecule has 1 unspecified atom stereocenters. The minimum absolute atomic E-state index is 0.166. The summed E-state index contributed by atoms with van der Waals surface area (Å²) in [6, 6.07) is 10.5. The molecule has 2 rings (SSSR count). The van der Waals surface area contributed by atoms with Crippen LogP contribution >= 0.6 is 0 Å². The van der Waals surface area contributed by atoms with Gasteiger partial charge in [-0.05, 0) is 30.7 Å². The fraction of sp³-hybridized carbons (Fsp3) is 0.471. The van der Waals surface area contributed by atoms with E-state index >= 15 is 0 Å². The predicted octanol–water partition coefficient (Wildman–Crippen LogP) is 2.94. The highest BCUT2D eigenvalue weighted by atomic mass is 16.5. The molecular weight excluding hydrogens is 264 g/mol. The van der Waals surface area contributed by atoms with Crippen LogP contribution in [0.5, 0.6) is 0 Å². The molecule has 0 spiro atoms. The summed E-state index contributed by atoms with van der Waals surface area (Å²) in [7, 11) is 1.68. The number of methoxy groups -OCH3 is 1. The first-order valence-corrected chi connectivity index (χ1v) is 7.50. The van der Waals surface area contributed by atoms with Crippen molar-refractivity contribution >= 4 is 10.9 Å². The quantitative estimate of drug-likeness (QED) is 0.721. The third-order valence-electron chi connectivity index (χ3n) is 3.37. The molecule has 2 aromatic rings. The van der Waals surface area contributed by atoms with Gasteiger partial charge in [0.1, 0.15) is 0 Å². The van der Waals surface area contributed by atoms with Gasteiger partial charge in [-0.25, -0.2) is 0 Å². The first-order chi connectivity index (χ1) is 10.3. The van der Waals surface area contributed by atoms with Gasteiger partial charge < -0.3 is 14.8 Å². The van der Waals surface area contributed by atoms with E-state index in [-0.39, 0.29) is 6.04 Å². The van der Waals surface area contributed by atoms with Crippen molar-refractivity contribution in [3.63, 3.8) is 0 Å². The lowest BCUT2D eigenvalue weighted by molar-refractivity contribution is 0.0585. The molecule has 1 heterocycles. The Bertz CT molecular complexity index is 545. The molecule has 0 amide bonds. The van der Waals surface area contributed by atoms with Crippen molar-refractivity contribution in [2.75, 3.05) is 33.5 Å². The van der Waals surface area contributed by atoms with E-state index in [4.69, 9.17) is 9.47 Å². The number of nitrogens with zero attached hydrogens (tertiary/aromatic N) is 1. The Hall–Kier alpha value is -1.49. The van der Waals surface area contributed by atoms with Crippen LogP contribution in [-0.2, 0) is 9.47 Å². The molecule has 4 nitrogen and oxygen atoms in total. The Kier molecular flexibility index (Phi) is 6.60. The molecule has 0 aliphatic carbocycles. The summed E-state index contributed by atoms with van der Waals surface area (Å²) in [5.74, 6) is 0. The van der Waals surface area contributed by atoms with Gasteiger partial charge in [-0.15, -0.1) is 0 Å². The third kappa shape index (κ3) is 4.77. The maximum absolute atomic E-state index is 5.68. The van der Waals surface area contributed by atoms with Gasteiger partial charge in [0.2, 0.25) is 0 Å². The number of hydrogen-bond donors (Lipinski definition) is 1. The predicted molar refractivity (Wildman–Crippen MR) is 85.5 cm³/mol. The van der Waals surface area contributed by atoms with Crippen LogP contribution in [0.4, 0.5) is 0 Å². The zero-order valence-electron chi connectivity index (χ0n) is 12.8. The van der Waals surface area contributed by atoms with Crippen LogP contribution in [0.3, 0.4) is 0 Å². The lowest BCUT2D eigenvalue weighted by Gasteiger charge is -2.19. The maximum Gasteiger partial charge on any atom is 0.0702 e. The van der Waals surface area contributed by atoms with Gasteiger partial charge in [0, 0.05) is 18.7 Å². The van der Waals surface area contributed by atoms with Crippen molar-refractivity contribution in [2.45, 2.75) is 19.4 Å². The summed E-state index contributed by atoms with van der Waals surface area (Å²) >= 11 is 0. The molecule has 114 valence electrons. The minimum atomic E-state index is 0.166. The number of rotatable bonds is 9. The van der Waals surface area contributed by atoms with Crippen LogP contribution in [0.1, 0.15) is 24.9 Å². The fourth-order valence-corrected chi connectivity index (χ4v) is 2.21. The average molecular weight is 288 g/mol. The van der Waals surface area contributed by atoms with E-state index in [1.54, 1.807) is 7.11 Å². The number of fused-ring (bicyclic) bond motifs is 1. The van der Waals surface area contributed by atoms with Gasteiger partial charge in [-0.1, -0.05) is 25.1 Å². The SMILES string of the molecule is CCCNC(COCCOC)c1cnc2ccccc2c1. The normalized spacial score (nSPS) is 12.7. The van der Waals surface area contributed by atoms with Crippen molar-refractivity contribution in [1.29, 1.82) is 0 Å². The standard InChI is InChI=1S/C17H24N2O2/c1-3-8-18-17(13-21-10-9-20-2)15-11-14-6-4-5-7-16(14)19-12-15/h4-7,11-12,17-18H,3,8-10,13H2,1-2H3. The second-order valence-corrected chi connectivity index (χ2v) is 5.04. The van der Waals surface area contributed by atoms with E-state index in [2.05, 4.69) is 29.4 Å². The molecule has 0 aliphatic heterocycles. The summed E-state index contributed by atoms with van der Waals surface area (Å²) in [5.41, 5.74) is 2.19. The Balaban J connectivity index is 2.08. The van der Waals surface area contributed by atoms with Gasteiger partial charge in [0.05, 0.1) is 31.4 Å². The summed E-state index contributed by atoms with van der Waals surface area (Å²) in [4.78, 5) is 4.53. The lowest BCUT2D eigenvalue weighted by Crippen LogP contribution is -2.27. The largest absolute Gasteiger partial charge is 0.382 e. The van der Waals surface area contributed by atoms with Crippen molar-refractivity contribution in [3.8, 4) is 0 Å². The fourth-order valence-electron chi connectivity index (χ4n) is 2.21. The number of ether oxygens (including phenoxy) is 2. The van der Waals surface area contributed by atoms with E-state index in [1.165, 1.54) is 5.56 Å². The first-order valence-electron chi connectivity index (χ1n) is 7.50. The number of hydrogen-bond acceptors (Lipinski definition) is 4. The molecule has 0 fully saturated rings. The Morgan fingerprint density at radius 3 is 2.90 bits per heavy atom. The molecule has 0 radical (unpaired) electrons. The second-order valence-electron chi connectivity index (χ2n) is 5.04. The zero-order chi connectivity index (χ0) is 14.9. The summed E-state index contributed by atoms with van der Waals surface area (Å²) < 4.78 is 10.7. The monoisotopic (exact) mass is 288 g/mol. The number of benzene rings is 1. The van der Waals surface area contributed by atoms with Gasteiger partial charge in [0.25, 0.3) is 0 Å². The number of nitrogens with one attached hydrogen (secondary N) is 1. The molecule has 21 heavy (non-hydrogen) atoms. The first kappa shape index (κ1) is 15.9. The molecule has 4 heteroatoms. The summed E-state index contributed by atoms with van der Waals surface area (Å²) in [6.07, 6.45) is 3.03. The number of pyridine rings is 1. The summed E-state index contributed by atoms with van der Waals surface area (Å²) in [6.45, 7) is 4.99. The zero-order valence-corrected chi connectivity index (χ0v) is 12.8. The molecule has 1 atom stereocenters. The van der Waals surface area contributed by atoms with Crippen LogP contribution in [0.15, 0.2) is 36.5 Å². The number of para-hydroxylation sites is 1. The lowest BCUT2D eigenvalue weighted by atomic mass is 10.1. The Morgan fingerprint density at radius 1 is 1.24 bits per heavy atom. The Labute approximate surface area is 126 Å². The van der Waals surface area contributed by atoms with Crippen LogP contribution in [-0.4, -0.2) is 38.5 Å². The minimum Gasteiger partial charge on any atom is -0.382 e. The van der Waals surface area contributed by atoms with E-state index in [1.807, 2.05) is 24.4 Å². The topological polar surface area (TPSA) is 43.4 Å². The van der Waals surface area contributed by atoms with Gasteiger partial charge >= 0.3 is 0 Å². The average Bonchev–Trinajstić information content (AvgIpc) is 2.54. The highest BCUT2D eigenvalue weighted by molar-refractivity contribution is 5.78. The molecule has 1 aromatic carbocycles. The van der Waals surface area contributed by atoms with Crippen molar-refractivity contribution in [1.82, 2.24) is 10.3 Å². The smallest absolute Gasteiger partial charge is 0.0702 e. The van der Waals surface area contributed by atoms with Gasteiger partial charge in [0.15, 0.2) is 0 Å². The molecule has 1 aromatic heterocycles. The summed E-state index contributed by atoms with van der Waals surface area (Å²) in [5, 5.41) is 4.68. The highest BCUT2D eigenvalue weighted by Gasteiger charge is 2.12. The Morgan fingerprint density at radius 2 is 2.10 bits per heavy atom. The maximum atomic E-state index is 5.68. The van der Waals surface area contributed by atoms with Crippen LogP contribution < -0.4 is 5.32 Å². The van der Waals surface area contributed by atoms with E-state index in [9.17, 15) is 0 Å². The molecular formula is C17H24N2O2.